The molecule has 0 saturated heterocycles. The van der Waals surface area contributed by atoms with Crippen LogP contribution in [0.5, 0.6) is 0 Å². The molecule has 0 N–H and O–H groups in total. The van der Waals surface area contributed by atoms with E-state index in [1.54, 1.807) is 57.8 Å². The molecule has 0 radical (unpaired) electrons. The highest BCUT2D eigenvalue weighted by atomic mass is 14.5. The Labute approximate surface area is 138 Å². The molecule has 0 nitrogen and oxygen atoms in total. The highest BCUT2D eigenvalue weighted by molar-refractivity contribution is 4.98. The summed E-state index contributed by atoms with van der Waals surface area (Å²) in [5.74, 6) is 8.82. The highest BCUT2D eigenvalue weighted by Gasteiger charge is 2.49. The summed E-state index contributed by atoms with van der Waals surface area (Å²) < 4.78 is 0. The van der Waals surface area contributed by atoms with Gasteiger partial charge in [-0.15, -0.1) is 0 Å². The van der Waals surface area contributed by atoms with Crippen LogP contribution in [-0.4, -0.2) is 0 Å². The van der Waals surface area contributed by atoms with Crippen molar-refractivity contribution >= 4 is 0 Å². The third-order valence-electron chi connectivity index (χ3n) is 8.47. The zero-order chi connectivity index (χ0) is 15.1. The van der Waals surface area contributed by atoms with E-state index >= 15 is 0 Å². The quantitative estimate of drug-likeness (QED) is 0.506. The first-order chi connectivity index (χ1) is 10.7. The van der Waals surface area contributed by atoms with Gasteiger partial charge in [-0.25, -0.2) is 0 Å². The van der Waals surface area contributed by atoms with Gasteiger partial charge in [0.2, 0.25) is 0 Å². The fourth-order valence-electron chi connectivity index (χ4n) is 7.41. The smallest absolute Gasteiger partial charge is 0.0324 e. The summed E-state index contributed by atoms with van der Waals surface area (Å²) in [5, 5.41) is 0. The van der Waals surface area contributed by atoms with Crippen LogP contribution < -0.4 is 0 Å². The summed E-state index contributed by atoms with van der Waals surface area (Å²) in [7, 11) is 0. The Morgan fingerprint density at radius 2 is 1.18 bits per heavy atom. The van der Waals surface area contributed by atoms with Crippen LogP contribution in [0.1, 0.15) is 90.9 Å². The van der Waals surface area contributed by atoms with Gasteiger partial charge in [-0.2, -0.15) is 0 Å². The Bertz CT molecular complexity index is 364. The Balaban J connectivity index is 1.56. The number of hydrogen-bond acceptors (Lipinski definition) is 0. The molecule has 4 fully saturated rings. The van der Waals surface area contributed by atoms with E-state index < -0.39 is 0 Å². The van der Waals surface area contributed by atoms with Gasteiger partial charge >= 0.3 is 0 Å². The normalized spacial score (nSPS) is 52.6. The number of fused-ring (bicyclic) bond motifs is 2. The average molecular weight is 303 g/mol. The molecular formula is C22H38. The van der Waals surface area contributed by atoms with Gasteiger partial charge < -0.3 is 0 Å². The third kappa shape index (κ3) is 2.89. The molecule has 126 valence electrons. The molecule has 0 aromatic rings. The Morgan fingerprint density at radius 1 is 0.500 bits per heavy atom. The van der Waals surface area contributed by atoms with Crippen molar-refractivity contribution in [3.05, 3.63) is 0 Å². The molecule has 6 atom stereocenters. The molecule has 0 aliphatic heterocycles. The minimum atomic E-state index is 1.02. The number of rotatable bonds is 1. The maximum atomic E-state index is 2.53. The summed E-state index contributed by atoms with van der Waals surface area (Å²) >= 11 is 0. The van der Waals surface area contributed by atoms with Crippen LogP contribution in [0.2, 0.25) is 0 Å². The lowest BCUT2D eigenvalue weighted by atomic mass is 9.50. The van der Waals surface area contributed by atoms with E-state index in [2.05, 4.69) is 13.8 Å². The van der Waals surface area contributed by atoms with Crippen molar-refractivity contribution in [1.29, 1.82) is 0 Å². The first-order valence-corrected chi connectivity index (χ1v) is 10.7. The molecule has 22 heavy (non-hydrogen) atoms. The lowest BCUT2D eigenvalue weighted by molar-refractivity contribution is -0.0580. The molecule has 4 saturated carbocycles. The van der Waals surface area contributed by atoms with Crippen LogP contribution >= 0.6 is 0 Å². The average Bonchev–Trinajstić information content (AvgIpc) is 2.53. The third-order valence-corrected chi connectivity index (χ3v) is 8.47. The van der Waals surface area contributed by atoms with Crippen molar-refractivity contribution in [2.75, 3.05) is 0 Å². The van der Waals surface area contributed by atoms with Crippen LogP contribution in [0.4, 0.5) is 0 Å². The molecule has 6 unspecified atom stereocenters. The van der Waals surface area contributed by atoms with Crippen LogP contribution in [0, 0.1) is 47.3 Å². The maximum absolute atomic E-state index is 2.53. The van der Waals surface area contributed by atoms with Crippen LogP contribution in [0.15, 0.2) is 0 Å². The molecule has 0 amide bonds. The molecule has 4 aliphatic carbocycles. The lowest BCUT2D eigenvalue weighted by Gasteiger charge is -2.55. The van der Waals surface area contributed by atoms with Gasteiger partial charge in [0.25, 0.3) is 0 Å². The van der Waals surface area contributed by atoms with E-state index in [9.17, 15) is 0 Å². The molecule has 0 spiro atoms. The van der Waals surface area contributed by atoms with Gasteiger partial charge in [0.15, 0.2) is 0 Å². The molecule has 4 rings (SSSR count). The summed E-state index contributed by atoms with van der Waals surface area (Å²) in [6, 6.07) is 0. The zero-order valence-electron chi connectivity index (χ0n) is 15.1. The second-order valence-electron chi connectivity index (χ2n) is 9.88. The maximum Gasteiger partial charge on any atom is -0.0324 e. The predicted octanol–water partition coefficient (Wildman–Crippen LogP) is 6.69. The van der Waals surface area contributed by atoms with Gasteiger partial charge in [-0.3, -0.25) is 0 Å². The second-order valence-corrected chi connectivity index (χ2v) is 9.88. The van der Waals surface area contributed by atoms with E-state index in [1.165, 1.54) is 19.3 Å². The molecule has 0 aromatic carbocycles. The van der Waals surface area contributed by atoms with Crippen LogP contribution in [0.25, 0.3) is 0 Å². The van der Waals surface area contributed by atoms with E-state index in [4.69, 9.17) is 0 Å². The Morgan fingerprint density at radius 3 is 2.00 bits per heavy atom. The van der Waals surface area contributed by atoms with Crippen LogP contribution in [-0.2, 0) is 0 Å². The minimum absolute atomic E-state index is 1.02. The predicted molar refractivity (Wildman–Crippen MR) is 94.7 cm³/mol. The lowest BCUT2D eigenvalue weighted by Crippen LogP contribution is -2.47. The summed E-state index contributed by atoms with van der Waals surface area (Å²) in [5.41, 5.74) is 0. The molecule has 4 aliphatic rings. The van der Waals surface area contributed by atoms with E-state index in [-0.39, 0.29) is 0 Å². The van der Waals surface area contributed by atoms with Gasteiger partial charge in [0.05, 0.1) is 0 Å². The van der Waals surface area contributed by atoms with Gasteiger partial charge in [0.1, 0.15) is 0 Å². The summed E-state index contributed by atoms with van der Waals surface area (Å²) in [4.78, 5) is 0. The SMILES string of the molecule is CC1CCC(C2C3CCCCC3CC3CC(C)CCC32)CC1. The topological polar surface area (TPSA) is 0 Å². The molecule has 0 heteroatoms. The van der Waals surface area contributed by atoms with E-state index in [1.807, 2.05) is 0 Å². The van der Waals surface area contributed by atoms with Gasteiger partial charge in [0, 0.05) is 0 Å². The van der Waals surface area contributed by atoms with Crippen molar-refractivity contribution in [1.82, 2.24) is 0 Å². The highest BCUT2D eigenvalue weighted by Crippen LogP contribution is 2.57. The largest absolute Gasteiger partial charge is 0.0625 e. The number of hydrogen-bond donors (Lipinski definition) is 0. The Kier molecular flexibility index (Phi) is 4.57. The van der Waals surface area contributed by atoms with Crippen molar-refractivity contribution in [3.8, 4) is 0 Å². The zero-order valence-corrected chi connectivity index (χ0v) is 15.1. The first-order valence-electron chi connectivity index (χ1n) is 10.7. The summed E-state index contributed by atoms with van der Waals surface area (Å²) in [6.45, 7) is 5.02. The van der Waals surface area contributed by atoms with Crippen molar-refractivity contribution < 1.29 is 0 Å². The van der Waals surface area contributed by atoms with E-state index in [0.717, 1.165) is 47.3 Å². The van der Waals surface area contributed by atoms with Gasteiger partial charge in [-0.05, 0) is 85.9 Å². The standard InChI is InChI=1S/C22H38/c1-15-7-10-17(11-8-15)22-20-6-4-3-5-18(20)14-19-13-16(2)9-12-21(19)22/h15-22H,3-14H2,1-2H3. The van der Waals surface area contributed by atoms with Crippen LogP contribution in [0.3, 0.4) is 0 Å². The molecule has 0 aromatic heterocycles. The van der Waals surface area contributed by atoms with Crippen molar-refractivity contribution in [3.63, 3.8) is 0 Å². The molecular weight excluding hydrogens is 264 g/mol. The molecule has 0 bridgehead atoms. The first kappa shape index (κ1) is 15.5. The Hall–Kier alpha value is 0. The van der Waals surface area contributed by atoms with Crippen molar-refractivity contribution in [2.24, 2.45) is 47.3 Å². The molecule has 0 heterocycles. The van der Waals surface area contributed by atoms with E-state index in [0.29, 0.717) is 0 Å². The monoisotopic (exact) mass is 302 g/mol. The second kappa shape index (κ2) is 6.48. The minimum Gasteiger partial charge on any atom is -0.0625 e. The fraction of sp³-hybridized carbons (Fsp3) is 1.00. The fourth-order valence-corrected chi connectivity index (χ4v) is 7.41. The van der Waals surface area contributed by atoms with Crippen molar-refractivity contribution in [2.45, 2.75) is 90.9 Å². The van der Waals surface area contributed by atoms with Gasteiger partial charge in [-0.1, -0.05) is 52.4 Å². The summed E-state index contributed by atoms with van der Waals surface area (Å²) in [6.07, 6.45) is 18.8.